The van der Waals surface area contributed by atoms with Crippen LogP contribution in [0.1, 0.15) is 64.1 Å². The average Bonchev–Trinajstić information content (AvgIpc) is 3.50. The van der Waals surface area contributed by atoms with Crippen LogP contribution in [0.25, 0.3) is 11.1 Å². The van der Waals surface area contributed by atoms with E-state index in [1.807, 2.05) is 13.0 Å². The minimum Gasteiger partial charge on any atom is -0.492 e. The third-order valence-electron chi connectivity index (χ3n) is 6.01. The molecule has 0 unspecified atom stereocenters. The van der Waals surface area contributed by atoms with Crippen LogP contribution < -0.4 is 10.5 Å². The van der Waals surface area contributed by atoms with Gasteiger partial charge in [-0.15, -0.1) is 0 Å². The van der Waals surface area contributed by atoms with Gasteiger partial charge in [0.2, 0.25) is 5.88 Å². The quantitative estimate of drug-likeness (QED) is 0.348. The molecule has 0 amide bonds. The Morgan fingerprint density at radius 2 is 1.91 bits per heavy atom. The summed E-state index contributed by atoms with van der Waals surface area (Å²) in [6.07, 6.45) is 8.71. The molecule has 6 nitrogen and oxygen atoms in total. The van der Waals surface area contributed by atoms with Crippen LogP contribution in [0.4, 0.5) is 4.39 Å². The summed E-state index contributed by atoms with van der Waals surface area (Å²) in [4.78, 5) is 8.44. The Morgan fingerprint density at radius 3 is 2.41 bits per heavy atom. The number of hydrogen-bond donors (Lipinski definition) is 2. The first kappa shape index (κ1) is 22.2. The maximum Gasteiger partial charge on any atom is 0.213 e. The third kappa shape index (κ3) is 4.61. The van der Waals surface area contributed by atoms with Gasteiger partial charge in [0.05, 0.1) is 5.41 Å². The molecule has 0 spiro atoms. The van der Waals surface area contributed by atoms with Crippen LogP contribution >= 0.6 is 0 Å². The summed E-state index contributed by atoms with van der Waals surface area (Å²) in [5, 5.41) is 7.38. The summed E-state index contributed by atoms with van der Waals surface area (Å²) in [6, 6.07) is 3.20. The van der Waals surface area contributed by atoms with Gasteiger partial charge in [0.25, 0.3) is 0 Å². The van der Waals surface area contributed by atoms with Crippen molar-refractivity contribution in [3.05, 3.63) is 52.9 Å². The van der Waals surface area contributed by atoms with Crippen LogP contribution in [-0.2, 0) is 4.74 Å². The van der Waals surface area contributed by atoms with Crippen molar-refractivity contribution >= 4 is 5.84 Å². The highest BCUT2D eigenvalue weighted by molar-refractivity contribution is 5.93. The fourth-order valence-electron chi connectivity index (χ4n) is 4.10. The van der Waals surface area contributed by atoms with Gasteiger partial charge in [0.1, 0.15) is 29.5 Å². The lowest BCUT2D eigenvalue weighted by atomic mass is 9.67. The number of nitrogens with one attached hydrogen (secondary N) is 1. The van der Waals surface area contributed by atoms with E-state index < -0.39 is 11.7 Å². The lowest BCUT2D eigenvalue weighted by Gasteiger charge is -2.44. The smallest absolute Gasteiger partial charge is 0.213 e. The second kappa shape index (κ2) is 8.19. The number of nitrogen functional groups attached to an aromatic ring is 1. The minimum absolute atomic E-state index is 0.0665. The molecular weight excluding hydrogens is 407 g/mol. The predicted molar refractivity (Wildman–Crippen MR) is 122 cm³/mol. The van der Waals surface area contributed by atoms with Gasteiger partial charge in [-0.05, 0) is 70.6 Å². The Hall–Kier alpha value is -2.96. The van der Waals surface area contributed by atoms with E-state index >= 15 is 0 Å². The number of allylic oxidation sites excluding steroid dienone is 1. The molecule has 0 radical (unpaired) electrons. The predicted octanol–water partition coefficient (Wildman–Crippen LogP) is 5.29. The number of nitrogens with zero attached hydrogens (tertiary/aromatic N) is 2. The second-order valence-corrected chi connectivity index (χ2v) is 9.88. The molecule has 2 aromatic rings. The molecule has 3 N–H and O–H groups in total. The topological polar surface area (TPSA) is 94.1 Å². The SMILES string of the molecule is Cc1cc(OCC2(C(OC(C)(C)C)=C3CC3)CCC2)ncc1-c1cnc(C(=N)N)c(F)c1. The van der Waals surface area contributed by atoms with Gasteiger partial charge in [-0.1, -0.05) is 6.42 Å². The maximum absolute atomic E-state index is 14.2. The Bertz CT molecular complexity index is 1080. The largest absolute Gasteiger partial charge is 0.492 e. The Kier molecular flexibility index (Phi) is 5.69. The Labute approximate surface area is 188 Å². The number of aromatic nitrogens is 2. The number of aryl methyl sites for hydroxylation is 1. The van der Waals surface area contributed by atoms with Crippen molar-refractivity contribution in [3.63, 3.8) is 0 Å². The average molecular weight is 439 g/mol. The Balaban J connectivity index is 1.51. The summed E-state index contributed by atoms with van der Waals surface area (Å²) in [5.74, 6) is 0.661. The number of rotatable bonds is 7. The molecule has 0 saturated heterocycles. The molecule has 170 valence electrons. The van der Waals surface area contributed by atoms with E-state index in [9.17, 15) is 4.39 Å². The molecule has 32 heavy (non-hydrogen) atoms. The second-order valence-electron chi connectivity index (χ2n) is 9.88. The molecule has 0 bridgehead atoms. The van der Waals surface area contributed by atoms with Gasteiger partial charge in [0, 0.05) is 29.6 Å². The number of ether oxygens (including phenoxy) is 2. The van der Waals surface area contributed by atoms with Crippen LogP contribution in [-0.4, -0.2) is 28.0 Å². The highest BCUT2D eigenvalue weighted by Gasteiger charge is 2.47. The van der Waals surface area contributed by atoms with Crippen LogP contribution in [0.2, 0.25) is 0 Å². The van der Waals surface area contributed by atoms with Gasteiger partial charge in [-0.25, -0.2) is 14.4 Å². The highest BCUT2D eigenvalue weighted by Crippen LogP contribution is 2.53. The summed E-state index contributed by atoms with van der Waals surface area (Å²) >= 11 is 0. The van der Waals surface area contributed by atoms with Gasteiger partial charge in [0.15, 0.2) is 5.82 Å². The zero-order chi connectivity index (χ0) is 23.1. The molecule has 4 rings (SSSR count). The lowest BCUT2D eigenvalue weighted by molar-refractivity contribution is -0.0355. The van der Waals surface area contributed by atoms with Crippen molar-refractivity contribution < 1.29 is 13.9 Å². The first-order valence-corrected chi connectivity index (χ1v) is 11.1. The zero-order valence-corrected chi connectivity index (χ0v) is 19.2. The van der Waals surface area contributed by atoms with Crippen molar-refractivity contribution in [1.29, 1.82) is 5.41 Å². The van der Waals surface area contributed by atoms with E-state index in [1.54, 1.807) is 6.20 Å². The number of hydrogen-bond acceptors (Lipinski definition) is 5. The molecule has 2 aromatic heterocycles. The standard InChI is InChI=1S/C25H31FN4O2/c1-15-10-20(29-13-18(15)17-11-19(26)21(23(27)28)30-12-17)31-14-25(8-5-9-25)22(16-6-7-16)32-24(2,3)4/h10-13H,5-9,14H2,1-4H3,(H3,27,28). The van der Waals surface area contributed by atoms with E-state index in [0.29, 0.717) is 18.1 Å². The van der Waals surface area contributed by atoms with Crippen LogP contribution in [0, 0.1) is 23.6 Å². The van der Waals surface area contributed by atoms with Gasteiger partial charge >= 0.3 is 0 Å². The molecule has 7 heteroatoms. The van der Waals surface area contributed by atoms with E-state index in [1.165, 1.54) is 24.3 Å². The van der Waals surface area contributed by atoms with E-state index in [-0.39, 0.29) is 16.7 Å². The lowest BCUT2D eigenvalue weighted by Crippen LogP contribution is -2.41. The molecule has 2 aliphatic rings. The summed E-state index contributed by atoms with van der Waals surface area (Å²) in [6.45, 7) is 8.74. The van der Waals surface area contributed by atoms with Crippen LogP contribution in [0.15, 0.2) is 35.9 Å². The molecular formula is C25H31FN4O2. The molecule has 2 saturated carbocycles. The minimum atomic E-state index is -0.624. The number of halogens is 1. The van der Waals surface area contributed by atoms with Crippen molar-refractivity contribution in [2.24, 2.45) is 11.1 Å². The van der Waals surface area contributed by atoms with Gasteiger partial charge in [-0.3, -0.25) is 5.41 Å². The normalized spacial score (nSPS) is 16.8. The molecule has 2 heterocycles. The third-order valence-corrected chi connectivity index (χ3v) is 6.01. The fourth-order valence-corrected chi connectivity index (χ4v) is 4.10. The number of amidine groups is 1. The number of pyridine rings is 2. The summed E-state index contributed by atoms with van der Waals surface area (Å²) < 4.78 is 26.8. The Morgan fingerprint density at radius 1 is 1.19 bits per heavy atom. The van der Waals surface area contributed by atoms with Crippen molar-refractivity contribution in [1.82, 2.24) is 9.97 Å². The van der Waals surface area contributed by atoms with Gasteiger partial charge in [-0.2, -0.15) is 0 Å². The van der Waals surface area contributed by atoms with Crippen molar-refractivity contribution in [3.8, 4) is 17.0 Å². The van der Waals surface area contributed by atoms with E-state index in [0.717, 1.165) is 42.6 Å². The molecule has 0 aromatic carbocycles. The van der Waals surface area contributed by atoms with Crippen LogP contribution in [0.3, 0.4) is 0 Å². The summed E-state index contributed by atoms with van der Waals surface area (Å²) in [5.41, 5.74) is 8.57. The number of nitrogens with two attached hydrogens (primary N) is 1. The zero-order valence-electron chi connectivity index (χ0n) is 19.2. The summed E-state index contributed by atoms with van der Waals surface area (Å²) in [7, 11) is 0. The van der Waals surface area contributed by atoms with Crippen molar-refractivity contribution in [2.75, 3.05) is 6.61 Å². The van der Waals surface area contributed by atoms with Crippen molar-refractivity contribution in [2.45, 2.75) is 65.4 Å². The van der Waals surface area contributed by atoms with Crippen LogP contribution in [0.5, 0.6) is 5.88 Å². The molecule has 2 aliphatic carbocycles. The fraction of sp³-hybridized carbons (Fsp3) is 0.480. The van der Waals surface area contributed by atoms with E-state index in [2.05, 4.69) is 30.7 Å². The highest BCUT2D eigenvalue weighted by atomic mass is 19.1. The first-order valence-electron chi connectivity index (χ1n) is 11.1. The monoisotopic (exact) mass is 438 g/mol. The molecule has 2 fully saturated rings. The maximum atomic E-state index is 14.2. The molecule has 0 atom stereocenters. The van der Waals surface area contributed by atoms with E-state index in [4.69, 9.17) is 20.6 Å². The molecule has 0 aliphatic heterocycles. The first-order chi connectivity index (χ1) is 15.1. The van der Waals surface area contributed by atoms with Gasteiger partial charge < -0.3 is 15.2 Å².